The summed E-state index contributed by atoms with van der Waals surface area (Å²) < 4.78 is 42.5. The SMILES string of the molecule is Nc1ccc(-n2ccc(=O)c3c(=O)n(Cc4ccccc4)ccc32)cc1C(F)(F)F. The number of rotatable bonds is 3. The minimum absolute atomic E-state index is 0.0960. The van der Waals surface area contributed by atoms with Crippen LogP contribution in [0.5, 0.6) is 0 Å². The fraction of sp³-hybridized carbons (Fsp3) is 0.0909. The third-order valence-corrected chi connectivity index (χ3v) is 4.84. The van der Waals surface area contributed by atoms with Gasteiger partial charge < -0.3 is 14.9 Å². The number of hydrogen-bond donors (Lipinski definition) is 1. The van der Waals surface area contributed by atoms with Crippen molar-refractivity contribution in [3.8, 4) is 5.69 Å². The minimum atomic E-state index is -4.63. The van der Waals surface area contributed by atoms with Crippen molar-refractivity contribution in [2.75, 3.05) is 5.73 Å². The van der Waals surface area contributed by atoms with Crippen molar-refractivity contribution < 1.29 is 13.2 Å². The summed E-state index contributed by atoms with van der Waals surface area (Å²) in [6.07, 6.45) is -1.76. The number of fused-ring (bicyclic) bond motifs is 1. The van der Waals surface area contributed by atoms with Crippen molar-refractivity contribution in [2.45, 2.75) is 12.7 Å². The highest BCUT2D eigenvalue weighted by molar-refractivity contribution is 5.79. The van der Waals surface area contributed by atoms with E-state index in [4.69, 9.17) is 5.73 Å². The third-order valence-electron chi connectivity index (χ3n) is 4.84. The fourth-order valence-electron chi connectivity index (χ4n) is 3.37. The summed E-state index contributed by atoms with van der Waals surface area (Å²) in [5, 5.41) is -0.0960. The maximum atomic E-state index is 13.3. The molecule has 0 aliphatic rings. The Morgan fingerprint density at radius 2 is 1.63 bits per heavy atom. The highest BCUT2D eigenvalue weighted by Crippen LogP contribution is 2.35. The van der Waals surface area contributed by atoms with Crippen LogP contribution in [0.3, 0.4) is 0 Å². The van der Waals surface area contributed by atoms with E-state index in [0.717, 1.165) is 17.7 Å². The topological polar surface area (TPSA) is 70.0 Å². The Morgan fingerprint density at radius 1 is 0.900 bits per heavy atom. The average molecular weight is 411 g/mol. The predicted molar refractivity (Wildman–Crippen MR) is 109 cm³/mol. The number of anilines is 1. The van der Waals surface area contributed by atoms with Crippen molar-refractivity contribution in [2.24, 2.45) is 0 Å². The molecule has 0 aliphatic heterocycles. The maximum absolute atomic E-state index is 13.3. The molecule has 4 rings (SSSR count). The number of halogens is 3. The second-order valence-corrected chi connectivity index (χ2v) is 6.81. The Hall–Kier alpha value is -3.81. The molecular formula is C22H16F3N3O2. The zero-order chi connectivity index (χ0) is 21.5. The lowest BCUT2D eigenvalue weighted by molar-refractivity contribution is -0.136. The van der Waals surface area contributed by atoms with Gasteiger partial charge in [0.25, 0.3) is 5.56 Å². The van der Waals surface area contributed by atoms with Crippen LogP contribution in [0.2, 0.25) is 0 Å². The third kappa shape index (κ3) is 3.47. The number of nitrogens with zero attached hydrogens (tertiary/aromatic N) is 2. The number of aromatic nitrogens is 2. The molecule has 0 atom stereocenters. The molecule has 0 amide bonds. The lowest BCUT2D eigenvalue weighted by Gasteiger charge is -2.16. The van der Waals surface area contributed by atoms with Crippen LogP contribution < -0.4 is 16.7 Å². The summed E-state index contributed by atoms with van der Waals surface area (Å²) in [4.78, 5) is 25.4. The first kappa shape index (κ1) is 19.5. The van der Waals surface area contributed by atoms with Gasteiger partial charge >= 0.3 is 6.18 Å². The largest absolute Gasteiger partial charge is 0.418 e. The smallest absolute Gasteiger partial charge is 0.398 e. The second-order valence-electron chi connectivity index (χ2n) is 6.81. The Labute approximate surface area is 168 Å². The summed E-state index contributed by atoms with van der Waals surface area (Å²) in [7, 11) is 0. The standard InChI is InChI=1S/C22H16F3N3O2/c23-22(24,25)16-12-15(6-7-17(16)26)28-11-9-19(29)20-18(28)8-10-27(21(20)30)13-14-4-2-1-3-5-14/h1-12H,13,26H2. The van der Waals surface area contributed by atoms with Crippen LogP contribution in [0.15, 0.2) is 82.6 Å². The van der Waals surface area contributed by atoms with Gasteiger partial charge in [-0.2, -0.15) is 13.2 Å². The van der Waals surface area contributed by atoms with Crippen LogP contribution in [0, 0.1) is 0 Å². The molecule has 0 unspecified atom stereocenters. The molecule has 152 valence electrons. The molecule has 0 saturated heterocycles. The van der Waals surface area contributed by atoms with Gasteiger partial charge in [0, 0.05) is 29.8 Å². The zero-order valence-electron chi connectivity index (χ0n) is 15.6. The zero-order valence-corrected chi connectivity index (χ0v) is 15.6. The van der Waals surface area contributed by atoms with Crippen molar-refractivity contribution in [3.05, 3.63) is 105 Å². The van der Waals surface area contributed by atoms with E-state index in [2.05, 4.69) is 0 Å². The van der Waals surface area contributed by atoms with Gasteiger partial charge in [0.05, 0.1) is 17.6 Å². The Bertz CT molecular complexity index is 1360. The van der Waals surface area contributed by atoms with E-state index in [0.29, 0.717) is 0 Å². The number of nitrogens with two attached hydrogens (primary N) is 1. The number of alkyl halides is 3. The van der Waals surface area contributed by atoms with E-state index in [9.17, 15) is 22.8 Å². The van der Waals surface area contributed by atoms with Gasteiger partial charge in [-0.25, -0.2) is 0 Å². The average Bonchev–Trinajstić information content (AvgIpc) is 2.71. The van der Waals surface area contributed by atoms with Gasteiger partial charge in [-0.15, -0.1) is 0 Å². The molecule has 0 bridgehead atoms. The van der Waals surface area contributed by atoms with Crippen LogP contribution in [0.25, 0.3) is 16.6 Å². The van der Waals surface area contributed by atoms with E-state index in [-0.39, 0.29) is 23.1 Å². The maximum Gasteiger partial charge on any atom is 0.418 e. The molecule has 4 aromatic rings. The van der Waals surface area contributed by atoms with Gasteiger partial charge in [-0.3, -0.25) is 9.59 Å². The van der Waals surface area contributed by atoms with E-state index in [1.165, 1.54) is 33.7 Å². The molecule has 8 heteroatoms. The number of nitrogen functional groups attached to an aromatic ring is 1. The van der Waals surface area contributed by atoms with Crippen molar-refractivity contribution in [3.63, 3.8) is 0 Å². The van der Waals surface area contributed by atoms with Crippen LogP contribution >= 0.6 is 0 Å². The molecule has 2 aromatic carbocycles. The number of hydrogen-bond acceptors (Lipinski definition) is 3. The van der Waals surface area contributed by atoms with Gasteiger partial charge in [0.1, 0.15) is 5.39 Å². The summed E-state index contributed by atoms with van der Waals surface area (Å²) in [6, 6.07) is 15.4. The molecule has 2 aromatic heterocycles. The number of benzene rings is 2. The molecule has 30 heavy (non-hydrogen) atoms. The van der Waals surface area contributed by atoms with Crippen molar-refractivity contribution in [1.29, 1.82) is 0 Å². The molecule has 0 radical (unpaired) electrons. The highest BCUT2D eigenvalue weighted by atomic mass is 19.4. The summed E-state index contributed by atoms with van der Waals surface area (Å²) in [5.74, 6) is 0. The fourth-order valence-corrected chi connectivity index (χ4v) is 3.37. The van der Waals surface area contributed by atoms with Crippen LogP contribution in [0.4, 0.5) is 18.9 Å². The van der Waals surface area contributed by atoms with E-state index < -0.39 is 28.4 Å². The van der Waals surface area contributed by atoms with Crippen LogP contribution in [-0.4, -0.2) is 9.13 Å². The minimum Gasteiger partial charge on any atom is -0.398 e. The Balaban J connectivity index is 1.90. The molecule has 2 heterocycles. The molecule has 0 aliphatic carbocycles. The Morgan fingerprint density at radius 3 is 2.33 bits per heavy atom. The van der Waals surface area contributed by atoms with Crippen LogP contribution in [0.1, 0.15) is 11.1 Å². The number of pyridine rings is 2. The first-order valence-corrected chi connectivity index (χ1v) is 9.01. The Kier molecular flexibility index (Phi) is 4.69. The quantitative estimate of drug-likeness (QED) is 0.522. The normalized spacial score (nSPS) is 11.7. The molecule has 0 spiro atoms. The highest BCUT2D eigenvalue weighted by Gasteiger charge is 2.33. The monoisotopic (exact) mass is 411 g/mol. The summed E-state index contributed by atoms with van der Waals surface area (Å²) in [6.45, 7) is 0.268. The van der Waals surface area contributed by atoms with Gasteiger partial charge in [-0.1, -0.05) is 30.3 Å². The van der Waals surface area contributed by atoms with Crippen LogP contribution in [-0.2, 0) is 12.7 Å². The molecule has 2 N–H and O–H groups in total. The van der Waals surface area contributed by atoms with E-state index in [1.54, 1.807) is 6.07 Å². The predicted octanol–water partition coefficient (Wildman–Crippen LogP) is 3.80. The summed E-state index contributed by atoms with van der Waals surface area (Å²) >= 11 is 0. The van der Waals surface area contributed by atoms with Crippen molar-refractivity contribution >= 4 is 16.6 Å². The lowest BCUT2D eigenvalue weighted by Crippen LogP contribution is -2.25. The van der Waals surface area contributed by atoms with Gasteiger partial charge in [0.15, 0.2) is 5.43 Å². The van der Waals surface area contributed by atoms with E-state index in [1.807, 2.05) is 30.3 Å². The van der Waals surface area contributed by atoms with Gasteiger partial charge in [0.2, 0.25) is 0 Å². The summed E-state index contributed by atoms with van der Waals surface area (Å²) in [5.41, 5.74) is 4.32. The first-order valence-electron chi connectivity index (χ1n) is 9.01. The van der Waals surface area contributed by atoms with Crippen molar-refractivity contribution in [1.82, 2.24) is 9.13 Å². The second kappa shape index (κ2) is 7.22. The lowest BCUT2D eigenvalue weighted by atomic mass is 10.1. The van der Waals surface area contributed by atoms with E-state index >= 15 is 0 Å². The molecule has 5 nitrogen and oxygen atoms in total. The first-order chi connectivity index (χ1) is 14.3. The molecule has 0 saturated carbocycles. The molecule has 0 fully saturated rings. The van der Waals surface area contributed by atoms with Gasteiger partial charge in [-0.05, 0) is 29.8 Å². The molecular weight excluding hydrogens is 395 g/mol.